The number of fused-ring (bicyclic) bond motifs is 3. The highest BCUT2D eigenvalue weighted by molar-refractivity contribution is 5.91. The summed E-state index contributed by atoms with van der Waals surface area (Å²) in [6.07, 6.45) is 1.67. The number of hydrogen-bond donors (Lipinski definition) is 1. The number of esters is 3. The molecule has 0 radical (unpaired) electrons. The Morgan fingerprint density at radius 1 is 0.733 bits per heavy atom. The molecular weight excluding hydrogens is 583 g/mol. The standard InChI is InChI=1S/C35H35FO9/c1-22(21-37)33(38)43-16-5-4-15-42-27-11-13-29-30-14-12-28(20-32(30)23(2)31(29)19-27)45-35(40)25-7-9-26(10-8-25)41-17-6-18-44-34(39)24(3)36/h7-14,19-20,23,37H,1,3-6,15-18,21H2,2H3. The van der Waals surface area contributed by atoms with Gasteiger partial charge in [0.1, 0.15) is 17.2 Å². The molecule has 1 aliphatic carbocycles. The van der Waals surface area contributed by atoms with Gasteiger partial charge in [-0.05, 0) is 83.6 Å². The Hall–Kier alpha value is -4.96. The van der Waals surface area contributed by atoms with Crippen LogP contribution in [0.1, 0.15) is 53.6 Å². The minimum Gasteiger partial charge on any atom is -0.494 e. The molecule has 0 heterocycles. The number of benzene rings is 3. The molecule has 0 saturated carbocycles. The molecule has 0 saturated heterocycles. The minimum atomic E-state index is -1.14. The van der Waals surface area contributed by atoms with Crippen molar-refractivity contribution < 1.29 is 47.6 Å². The summed E-state index contributed by atoms with van der Waals surface area (Å²) in [7, 11) is 0. The summed E-state index contributed by atoms with van der Waals surface area (Å²) in [6, 6.07) is 18.0. The molecule has 0 aromatic heterocycles. The Morgan fingerprint density at radius 3 is 1.93 bits per heavy atom. The molecule has 45 heavy (non-hydrogen) atoms. The number of unbranched alkanes of at least 4 members (excludes halogenated alkanes) is 1. The van der Waals surface area contributed by atoms with Crippen LogP contribution in [0.5, 0.6) is 17.2 Å². The van der Waals surface area contributed by atoms with Crippen molar-refractivity contribution in [1.82, 2.24) is 0 Å². The summed E-state index contributed by atoms with van der Waals surface area (Å²) in [5, 5.41) is 8.90. The average Bonchev–Trinajstić information content (AvgIpc) is 3.32. The van der Waals surface area contributed by atoms with Crippen molar-refractivity contribution in [3.8, 4) is 28.4 Å². The second kappa shape index (κ2) is 15.7. The zero-order chi connectivity index (χ0) is 32.3. The molecule has 9 nitrogen and oxygen atoms in total. The second-order valence-corrected chi connectivity index (χ2v) is 10.3. The SMILES string of the molecule is C=C(F)C(=O)OCCCOc1ccc(C(=O)Oc2ccc3c(c2)C(C)c2cc(OCCCCOC(=O)C(=C)CO)ccc2-3)cc1. The summed E-state index contributed by atoms with van der Waals surface area (Å²) in [5.41, 5.74) is 4.71. The van der Waals surface area contributed by atoms with Crippen molar-refractivity contribution in [2.24, 2.45) is 0 Å². The van der Waals surface area contributed by atoms with Crippen molar-refractivity contribution in [3.63, 3.8) is 0 Å². The Bertz CT molecular complexity index is 1560. The van der Waals surface area contributed by atoms with Crippen LogP contribution in [0.15, 0.2) is 85.2 Å². The highest BCUT2D eigenvalue weighted by atomic mass is 19.1. The summed E-state index contributed by atoms with van der Waals surface area (Å²) in [4.78, 5) is 35.4. The molecule has 0 fully saturated rings. The van der Waals surface area contributed by atoms with Crippen LogP contribution in [-0.2, 0) is 19.1 Å². The Labute approximate surface area is 260 Å². The van der Waals surface area contributed by atoms with Gasteiger partial charge >= 0.3 is 17.9 Å². The van der Waals surface area contributed by atoms with Crippen LogP contribution in [0, 0.1) is 0 Å². The van der Waals surface area contributed by atoms with Gasteiger partial charge in [-0.25, -0.2) is 14.4 Å². The van der Waals surface area contributed by atoms with Crippen molar-refractivity contribution in [3.05, 3.63) is 102 Å². The number of rotatable bonds is 16. The van der Waals surface area contributed by atoms with Gasteiger partial charge in [-0.2, -0.15) is 4.39 Å². The first-order chi connectivity index (χ1) is 21.7. The van der Waals surface area contributed by atoms with Crippen LogP contribution in [0.4, 0.5) is 4.39 Å². The topological polar surface area (TPSA) is 118 Å². The lowest BCUT2D eigenvalue weighted by Crippen LogP contribution is -2.11. The third-order valence-electron chi connectivity index (χ3n) is 7.10. The monoisotopic (exact) mass is 618 g/mol. The molecule has 1 unspecified atom stereocenters. The summed E-state index contributed by atoms with van der Waals surface area (Å²) in [5.74, 6) is -1.58. The Balaban J connectivity index is 1.25. The van der Waals surface area contributed by atoms with E-state index in [0.717, 1.165) is 28.0 Å². The average molecular weight is 619 g/mol. The van der Waals surface area contributed by atoms with E-state index < -0.39 is 30.3 Å². The van der Waals surface area contributed by atoms with Crippen molar-refractivity contribution in [1.29, 1.82) is 0 Å². The fourth-order valence-electron chi connectivity index (χ4n) is 4.68. The number of halogens is 1. The predicted octanol–water partition coefficient (Wildman–Crippen LogP) is 6.08. The first kappa shape index (κ1) is 32.9. The normalized spacial score (nSPS) is 12.8. The second-order valence-electron chi connectivity index (χ2n) is 10.3. The first-order valence-corrected chi connectivity index (χ1v) is 14.5. The van der Waals surface area contributed by atoms with Gasteiger partial charge in [0.15, 0.2) is 0 Å². The molecule has 236 valence electrons. The van der Waals surface area contributed by atoms with Gasteiger partial charge in [0, 0.05) is 12.3 Å². The maximum atomic E-state index is 12.8. The van der Waals surface area contributed by atoms with Crippen LogP contribution in [0.2, 0.25) is 0 Å². The number of aliphatic hydroxyl groups excluding tert-OH is 1. The molecule has 4 rings (SSSR count). The third kappa shape index (κ3) is 8.79. The molecular formula is C35H35FO9. The number of carbonyl (C=O) groups excluding carboxylic acids is 3. The molecule has 0 amide bonds. The van der Waals surface area contributed by atoms with Gasteiger partial charge in [-0.3, -0.25) is 0 Å². The van der Waals surface area contributed by atoms with Gasteiger partial charge in [-0.1, -0.05) is 32.2 Å². The third-order valence-corrected chi connectivity index (χ3v) is 7.10. The van der Waals surface area contributed by atoms with Gasteiger partial charge in [0.2, 0.25) is 5.83 Å². The minimum absolute atomic E-state index is 0.00208. The number of aliphatic hydroxyl groups is 1. The molecule has 0 aliphatic heterocycles. The molecule has 1 N–H and O–H groups in total. The van der Waals surface area contributed by atoms with E-state index in [0.29, 0.717) is 42.9 Å². The van der Waals surface area contributed by atoms with E-state index in [1.54, 1.807) is 30.3 Å². The summed E-state index contributed by atoms with van der Waals surface area (Å²) in [6.45, 7) is 8.90. The molecule has 10 heteroatoms. The molecule has 3 aromatic carbocycles. The van der Waals surface area contributed by atoms with Crippen molar-refractivity contribution >= 4 is 17.9 Å². The molecule has 1 aliphatic rings. The number of hydrogen-bond acceptors (Lipinski definition) is 9. The van der Waals surface area contributed by atoms with Crippen LogP contribution in [0.3, 0.4) is 0 Å². The maximum absolute atomic E-state index is 12.8. The van der Waals surface area contributed by atoms with E-state index in [2.05, 4.69) is 24.8 Å². The predicted molar refractivity (Wildman–Crippen MR) is 164 cm³/mol. The lowest BCUT2D eigenvalue weighted by Gasteiger charge is -2.11. The zero-order valence-corrected chi connectivity index (χ0v) is 25.0. The van der Waals surface area contributed by atoms with E-state index in [4.69, 9.17) is 24.1 Å². The van der Waals surface area contributed by atoms with E-state index >= 15 is 0 Å². The van der Waals surface area contributed by atoms with Crippen LogP contribution in [-0.4, -0.2) is 56.0 Å². The van der Waals surface area contributed by atoms with E-state index in [9.17, 15) is 18.8 Å². The molecule has 3 aromatic rings. The molecule has 0 spiro atoms. The van der Waals surface area contributed by atoms with E-state index in [-0.39, 0.29) is 31.3 Å². The van der Waals surface area contributed by atoms with Crippen LogP contribution < -0.4 is 14.2 Å². The van der Waals surface area contributed by atoms with E-state index in [1.165, 1.54) is 0 Å². The number of ether oxygens (including phenoxy) is 5. The number of carbonyl (C=O) groups is 3. The van der Waals surface area contributed by atoms with Crippen molar-refractivity contribution in [2.75, 3.05) is 33.0 Å². The highest BCUT2D eigenvalue weighted by Crippen LogP contribution is 2.47. The smallest absolute Gasteiger partial charge is 0.366 e. The highest BCUT2D eigenvalue weighted by Gasteiger charge is 2.27. The summed E-state index contributed by atoms with van der Waals surface area (Å²) < 4.78 is 39.5. The Morgan fingerprint density at radius 2 is 1.27 bits per heavy atom. The van der Waals surface area contributed by atoms with Crippen LogP contribution in [0.25, 0.3) is 11.1 Å². The lowest BCUT2D eigenvalue weighted by atomic mass is 9.99. The molecule has 0 bridgehead atoms. The van der Waals surface area contributed by atoms with Gasteiger partial charge < -0.3 is 28.8 Å². The zero-order valence-electron chi connectivity index (χ0n) is 25.0. The summed E-state index contributed by atoms with van der Waals surface area (Å²) >= 11 is 0. The lowest BCUT2D eigenvalue weighted by molar-refractivity contribution is -0.141. The quantitative estimate of drug-likeness (QED) is 0.0882. The Kier molecular flexibility index (Phi) is 11.5. The first-order valence-electron chi connectivity index (χ1n) is 14.5. The fraction of sp³-hybridized carbons (Fsp3) is 0.286. The largest absolute Gasteiger partial charge is 0.494 e. The fourth-order valence-corrected chi connectivity index (χ4v) is 4.68. The maximum Gasteiger partial charge on any atom is 0.366 e. The van der Waals surface area contributed by atoms with E-state index in [1.807, 2.05) is 30.3 Å². The van der Waals surface area contributed by atoms with Crippen LogP contribution >= 0.6 is 0 Å². The van der Waals surface area contributed by atoms with Gasteiger partial charge in [0.25, 0.3) is 0 Å². The van der Waals surface area contributed by atoms with Gasteiger partial charge in [0.05, 0.1) is 44.2 Å². The molecule has 1 atom stereocenters. The van der Waals surface area contributed by atoms with Crippen molar-refractivity contribution in [2.45, 2.75) is 32.1 Å². The van der Waals surface area contributed by atoms with Gasteiger partial charge in [-0.15, -0.1) is 0 Å².